The number of nitrogen functional groups attached to an aromatic ring is 1. The molecule has 0 bridgehead atoms. The number of ether oxygens (including phenoxy) is 2. The monoisotopic (exact) mass is 417 g/mol. The lowest BCUT2D eigenvalue weighted by atomic mass is 10.3. The van der Waals surface area contributed by atoms with Gasteiger partial charge in [-0.15, -0.1) is 0 Å². The summed E-state index contributed by atoms with van der Waals surface area (Å²) in [5.74, 6) is 1.21. The van der Waals surface area contributed by atoms with Crippen molar-refractivity contribution in [3.63, 3.8) is 0 Å². The Balaban J connectivity index is 1.88. The lowest BCUT2D eigenvalue weighted by molar-refractivity contribution is 0.297. The van der Waals surface area contributed by atoms with Crippen LogP contribution in [-0.2, 0) is 0 Å². The Morgan fingerprint density at radius 3 is 2.67 bits per heavy atom. The second-order valence-corrected chi connectivity index (χ2v) is 6.84. The van der Waals surface area contributed by atoms with Crippen LogP contribution in [0.15, 0.2) is 40.1 Å². The van der Waals surface area contributed by atoms with Crippen LogP contribution in [0.1, 0.15) is 6.42 Å². The third kappa shape index (κ3) is 3.37. The Bertz CT molecular complexity index is 681. The molecule has 0 unspecified atom stereocenters. The van der Waals surface area contributed by atoms with Crippen molar-refractivity contribution in [3.05, 3.63) is 39.7 Å². The number of halogens is 2. The van der Waals surface area contributed by atoms with Crippen LogP contribution in [0, 0.1) is 9.39 Å². The molecule has 0 fully saturated rings. The fraction of sp³-hybridized carbons (Fsp3) is 0.200. The summed E-state index contributed by atoms with van der Waals surface area (Å²) in [6, 6.07) is 8.81. The van der Waals surface area contributed by atoms with E-state index in [2.05, 4.69) is 0 Å². The number of rotatable bonds is 2. The number of hydrogen-bond acceptors (Lipinski definition) is 4. The molecule has 2 N–H and O–H groups in total. The molecule has 1 aliphatic rings. The van der Waals surface area contributed by atoms with Crippen molar-refractivity contribution in [2.24, 2.45) is 0 Å². The molecule has 21 heavy (non-hydrogen) atoms. The van der Waals surface area contributed by atoms with Crippen LogP contribution < -0.4 is 15.2 Å². The normalized spacial score (nSPS) is 13.8. The summed E-state index contributed by atoms with van der Waals surface area (Å²) in [4.78, 5) is 1.63. The fourth-order valence-corrected chi connectivity index (χ4v) is 3.35. The van der Waals surface area contributed by atoms with Crippen LogP contribution in [0.25, 0.3) is 0 Å². The zero-order chi connectivity index (χ0) is 14.8. The second-order valence-electron chi connectivity index (χ2n) is 4.57. The Morgan fingerprint density at radius 2 is 1.86 bits per heavy atom. The van der Waals surface area contributed by atoms with E-state index in [1.165, 1.54) is 17.8 Å². The Labute approximate surface area is 140 Å². The third-order valence-electron chi connectivity index (χ3n) is 3.00. The number of fused-ring (bicyclic) bond motifs is 1. The zero-order valence-corrected chi connectivity index (χ0v) is 14.0. The SMILES string of the molecule is Nc1cc(I)c(F)cc1Sc1ccc2c(c1)OCCCO2. The van der Waals surface area contributed by atoms with Crippen LogP contribution in [0.2, 0.25) is 0 Å². The number of hydrogen-bond donors (Lipinski definition) is 1. The standard InChI is InChI=1S/C15H13FINO2S/c16-10-7-15(12(18)8-11(10)17)21-9-2-3-13-14(6-9)20-5-1-4-19-13/h2-3,6-8H,1,4-5,18H2. The van der Waals surface area contributed by atoms with Crippen molar-refractivity contribution in [1.82, 2.24) is 0 Å². The van der Waals surface area contributed by atoms with Crippen LogP contribution in [0.3, 0.4) is 0 Å². The molecule has 3 rings (SSSR count). The molecule has 0 amide bonds. The van der Waals surface area contributed by atoms with Gasteiger partial charge in [0.15, 0.2) is 11.5 Å². The molecule has 0 aliphatic carbocycles. The maximum atomic E-state index is 13.7. The van der Waals surface area contributed by atoms with E-state index >= 15 is 0 Å². The molecule has 0 spiro atoms. The van der Waals surface area contributed by atoms with Crippen molar-refractivity contribution in [1.29, 1.82) is 0 Å². The first-order valence-corrected chi connectivity index (χ1v) is 8.35. The van der Waals surface area contributed by atoms with E-state index in [9.17, 15) is 4.39 Å². The van der Waals surface area contributed by atoms with Crippen LogP contribution in [0.5, 0.6) is 11.5 Å². The molecule has 1 heterocycles. The van der Waals surface area contributed by atoms with Gasteiger partial charge in [-0.05, 0) is 52.9 Å². The van der Waals surface area contributed by atoms with Crippen molar-refractivity contribution in [2.45, 2.75) is 16.2 Å². The average Bonchev–Trinajstić information content (AvgIpc) is 2.69. The summed E-state index contributed by atoms with van der Waals surface area (Å²) in [6.07, 6.45) is 0.867. The molecule has 2 aromatic carbocycles. The summed E-state index contributed by atoms with van der Waals surface area (Å²) >= 11 is 3.34. The van der Waals surface area contributed by atoms with Gasteiger partial charge in [0, 0.05) is 21.9 Å². The van der Waals surface area contributed by atoms with E-state index in [0.29, 0.717) is 27.4 Å². The molecular weight excluding hydrogens is 404 g/mol. The smallest absolute Gasteiger partial charge is 0.162 e. The van der Waals surface area contributed by atoms with E-state index in [1.54, 1.807) is 6.07 Å². The van der Waals surface area contributed by atoms with Crippen LogP contribution in [0.4, 0.5) is 10.1 Å². The number of nitrogens with two attached hydrogens (primary N) is 1. The molecule has 0 radical (unpaired) electrons. The first-order valence-electron chi connectivity index (χ1n) is 6.45. The highest BCUT2D eigenvalue weighted by Gasteiger charge is 2.13. The highest BCUT2D eigenvalue weighted by Crippen LogP contribution is 2.39. The van der Waals surface area contributed by atoms with Crippen molar-refractivity contribution in [3.8, 4) is 11.5 Å². The van der Waals surface area contributed by atoms with E-state index in [-0.39, 0.29) is 5.82 Å². The largest absolute Gasteiger partial charge is 0.490 e. The van der Waals surface area contributed by atoms with Gasteiger partial charge in [-0.25, -0.2) is 4.39 Å². The van der Waals surface area contributed by atoms with E-state index in [4.69, 9.17) is 15.2 Å². The summed E-state index contributed by atoms with van der Waals surface area (Å²) in [5, 5.41) is 0. The van der Waals surface area contributed by atoms with Crippen LogP contribution >= 0.6 is 34.4 Å². The minimum atomic E-state index is -0.262. The Kier molecular flexibility index (Phi) is 4.44. The van der Waals surface area contributed by atoms with Gasteiger partial charge in [-0.3, -0.25) is 0 Å². The summed E-state index contributed by atoms with van der Waals surface area (Å²) in [7, 11) is 0. The van der Waals surface area contributed by atoms with Gasteiger partial charge in [0.2, 0.25) is 0 Å². The van der Waals surface area contributed by atoms with Gasteiger partial charge in [0.25, 0.3) is 0 Å². The molecule has 3 nitrogen and oxygen atoms in total. The van der Waals surface area contributed by atoms with Gasteiger partial charge in [-0.2, -0.15) is 0 Å². The zero-order valence-electron chi connectivity index (χ0n) is 11.1. The third-order valence-corrected chi connectivity index (χ3v) is 4.89. The Morgan fingerprint density at radius 1 is 1.10 bits per heavy atom. The minimum Gasteiger partial charge on any atom is -0.490 e. The van der Waals surface area contributed by atoms with Gasteiger partial charge in [0.1, 0.15) is 5.82 Å². The van der Waals surface area contributed by atoms with Crippen molar-refractivity contribution in [2.75, 3.05) is 18.9 Å². The van der Waals surface area contributed by atoms with Crippen molar-refractivity contribution < 1.29 is 13.9 Å². The second kappa shape index (κ2) is 6.31. The van der Waals surface area contributed by atoms with Crippen LogP contribution in [-0.4, -0.2) is 13.2 Å². The predicted octanol–water partition coefficient (Wildman–Crippen LogP) is 4.33. The fourth-order valence-electron chi connectivity index (χ4n) is 1.97. The molecule has 2 aromatic rings. The topological polar surface area (TPSA) is 44.5 Å². The quantitative estimate of drug-likeness (QED) is 0.584. The van der Waals surface area contributed by atoms with Gasteiger partial charge in [0.05, 0.1) is 16.8 Å². The van der Waals surface area contributed by atoms with Gasteiger partial charge >= 0.3 is 0 Å². The summed E-state index contributed by atoms with van der Waals surface area (Å²) < 4.78 is 25.4. The first-order chi connectivity index (χ1) is 10.1. The summed E-state index contributed by atoms with van der Waals surface area (Å²) in [6.45, 7) is 1.30. The number of benzene rings is 2. The van der Waals surface area contributed by atoms with E-state index in [0.717, 1.165) is 22.8 Å². The molecule has 0 aromatic heterocycles. The lowest BCUT2D eigenvalue weighted by Gasteiger charge is -2.10. The maximum absolute atomic E-state index is 13.7. The predicted molar refractivity (Wildman–Crippen MR) is 89.7 cm³/mol. The van der Waals surface area contributed by atoms with Crippen molar-refractivity contribution >= 4 is 40.0 Å². The first kappa shape index (κ1) is 14.8. The lowest BCUT2D eigenvalue weighted by Crippen LogP contribution is -1.97. The molecule has 6 heteroatoms. The highest BCUT2D eigenvalue weighted by atomic mass is 127. The number of anilines is 1. The summed E-state index contributed by atoms with van der Waals surface area (Å²) in [5.41, 5.74) is 6.52. The van der Waals surface area contributed by atoms with E-state index < -0.39 is 0 Å². The Hall–Kier alpha value is -1.15. The molecule has 0 saturated carbocycles. The average molecular weight is 417 g/mol. The molecule has 1 aliphatic heterocycles. The molecular formula is C15H13FINO2S. The van der Waals surface area contributed by atoms with Gasteiger partial charge < -0.3 is 15.2 Å². The highest BCUT2D eigenvalue weighted by molar-refractivity contribution is 14.1. The maximum Gasteiger partial charge on any atom is 0.162 e. The minimum absolute atomic E-state index is 0.262. The van der Waals surface area contributed by atoms with Gasteiger partial charge in [-0.1, -0.05) is 11.8 Å². The molecule has 0 atom stereocenters. The molecule has 110 valence electrons. The van der Waals surface area contributed by atoms with E-state index in [1.807, 2.05) is 40.8 Å². The molecule has 0 saturated heterocycles.